The Morgan fingerprint density at radius 3 is 2.34 bits per heavy atom. The van der Waals surface area contributed by atoms with Gasteiger partial charge in [0, 0.05) is 25.1 Å². The second kappa shape index (κ2) is 9.07. The number of halogens is 3. The van der Waals surface area contributed by atoms with E-state index >= 15 is 0 Å². The van der Waals surface area contributed by atoms with Crippen LogP contribution in [0.15, 0.2) is 61.2 Å². The molecule has 0 spiro atoms. The largest absolute Gasteiger partial charge is 0.398 e. The number of aromatic nitrogens is 3. The van der Waals surface area contributed by atoms with Crippen molar-refractivity contribution < 1.29 is 22.8 Å². The summed E-state index contributed by atoms with van der Waals surface area (Å²) in [5.74, 6) is 0.124. The van der Waals surface area contributed by atoms with Crippen LogP contribution in [0.1, 0.15) is 56.5 Å². The van der Waals surface area contributed by atoms with Crippen molar-refractivity contribution in [1.29, 1.82) is 0 Å². The third-order valence-electron chi connectivity index (χ3n) is 7.35. The lowest BCUT2D eigenvalue weighted by Gasteiger charge is -2.28. The van der Waals surface area contributed by atoms with Crippen LogP contribution in [0.2, 0.25) is 0 Å². The molecule has 2 fully saturated rings. The van der Waals surface area contributed by atoms with Gasteiger partial charge >= 0.3 is 12.2 Å². The summed E-state index contributed by atoms with van der Waals surface area (Å²) in [6, 6.07) is 8.42. The van der Waals surface area contributed by atoms with Crippen LogP contribution in [0.3, 0.4) is 0 Å². The molecule has 2 aromatic heterocycles. The van der Waals surface area contributed by atoms with Crippen LogP contribution < -0.4 is 10.2 Å². The minimum absolute atomic E-state index is 0.0402. The summed E-state index contributed by atoms with van der Waals surface area (Å²) in [6.45, 7) is 5.37. The molecule has 1 atom stereocenters. The number of nitrogens with one attached hydrogen (secondary N) is 1. The molecule has 1 saturated carbocycles. The number of hydrogen-bond donors (Lipinski definition) is 1. The van der Waals surface area contributed by atoms with Gasteiger partial charge in [-0.05, 0) is 69.0 Å². The standard InChI is InChI=1S/C27H27F3N6O2/c1-17(21-15-31-12-13-32-21)34-22-14-18(8-11-33-22)16-35-24(38)36(23(37)25(35,2)3)20-6-4-19(5-7-20)26(9-10-26)27(28,29)30/h4-8,11-15,17H,9-10,16H2,1-3H3,(H,33,34). The molecule has 3 amide bonds. The lowest BCUT2D eigenvalue weighted by molar-refractivity contribution is -0.160. The first kappa shape index (κ1) is 25.6. The highest BCUT2D eigenvalue weighted by molar-refractivity contribution is 6.22. The minimum Gasteiger partial charge on any atom is -0.362 e. The number of nitrogens with zero attached hydrogens (tertiary/aromatic N) is 5. The Kier molecular flexibility index (Phi) is 6.12. The van der Waals surface area contributed by atoms with Crippen molar-refractivity contribution in [3.05, 3.63) is 78.0 Å². The Morgan fingerprint density at radius 1 is 1.03 bits per heavy atom. The molecule has 2 aliphatic rings. The van der Waals surface area contributed by atoms with Gasteiger partial charge in [-0.2, -0.15) is 13.2 Å². The van der Waals surface area contributed by atoms with Gasteiger partial charge in [0.25, 0.3) is 5.91 Å². The maximum Gasteiger partial charge on any atom is 0.398 e. The fourth-order valence-electron chi connectivity index (χ4n) is 4.78. The van der Waals surface area contributed by atoms with E-state index in [2.05, 4.69) is 20.3 Å². The highest BCUT2D eigenvalue weighted by Gasteiger charge is 2.64. The van der Waals surface area contributed by atoms with E-state index in [1.807, 2.05) is 6.92 Å². The molecule has 8 nitrogen and oxygen atoms in total. The Balaban J connectivity index is 1.34. The summed E-state index contributed by atoms with van der Waals surface area (Å²) in [4.78, 5) is 41.9. The zero-order valence-corrected chi connectivity index (χ0v) is 21.2. The van der Waals surface area contributed by atoms with E-state index in [0.29, 0.717) is 5.82 Å². The summed E-state index contributed by atoms with van der Waals surface area (Å²) < 4.78 is 40.5. The molecule has 3 aromatic rings. The van der Waals surface area contributed by atoms with Gasteiger partial charge in [-0.25, -0.2) is 14.7 Å². The van der Waals surface area contributed by atoms with Crippen molar-refractivity contribution in [2.75, 3.05) is 10.2 Å². The molecule has 0 bridgehead atoms. The molecular formula is C27H27F3N6O2. The number of rotatable bonds is 7. The molecule has 198 valence electrons. The predicted octanol–water partition coefficient (Wildman–Crippen LogP) is 5.39. The molecular weight excluding hydrogens is 497 g/mol. The number of urea groups is 1. The topological polar surface area (TPSA) is 91.3 Å². The number of carbonyl (C=O) groups is 2. The second-order valence-corrected chi connectivity index (χ2v) is 10.2. The quantitative estimate of drug-likeness (QED) is 0.417. The van der Waals surface area contributed by atoms with Crippen LogP contribution in [-0.4, -0.2) is 43.5 Å². The number of pyridine rings is 1. The average Bonchev–Trinajstić information content (AvgIpc) is 3.68. The molecule has 1 saturated heterocycles. The highest BCUT2D eigenvalue weighted by atomic mass is 19.4. The highest BCUT2D eigenvalue weighted by Crippen LogP contribution is 2.59. The van der Waals surface area contributed by atoms with Gasteiger partial charge in [0.1, 0.15) is 11.4 Å². The van der Waals surface area contributed by atoms with Crippen LogP contribution in [0.5, 0.6) is 0 Å². The number of carbonyl (C=O) groups excluding carboxylic acids is 2. The van der Waals surface area contributed by atoms with E-state index in [0.717, 1.165) is 16.2 Å². The molecule has 3 heterocycles. The maximum atomic E-state index is 13.5. The van der Waals surface area contributed by atoms with Crippen molar-refractivity contribution in [3.63, 3.8) is 0 Å². The van der Waals surface area contributed by atoms with E-state index in [9.17, 15) is 22.8 Å². The summed E-state index contributed by atoms with van der Waals surface area (Å²) in [6.07, 6.45) is 2.22. The Morgan fingerprint density at radius 2 is 1.74 bits per heavy atom. The van der Waals surface area contributed by atoms with Gasteiger partial charge < -0.3 is 10.2 Å². The number of imide groups is 1. The predicted molar refractivity (Wildman–Crippen MR) is 134 cm³/mol. The zero-order valence-electron chi connectivity index (χ0n) is 21.2. The fraction of sp³-hybridized carbons (Fsp3) is 0.370. The SMILES string of the molecule is CC(Nc1cc(CN2C(=O)N(c3ccc(C4(C(F)(F)F)CC4)cc3)C(=O)C2(C)C)ccn1)c1cnccn1. The van der Waals surface area contributed by atoms with Gasteiger partial charge in [0.15, 0.2) is 0 Å². The van der Waals surface area contributed by atoms with E-state index in [-0.39, 0.29) is 36.7 Å². The molecule has 1 aromatic carbocycles. The zero-order chi connectivity index (χ0) is 27.3. The molecule has 0 radical (unpaired) electrons. The number of hydrogen-bond acceptors (Lipinski definition) is 6. The summed E-state index contributed by atoms with van der Waals surface area (Å²) in [5, 5.41) is 3.26. The lowest BCUT2D eigenvalue weighted by atomic mass is 9.95. The van der Waals surface area contributed by atoms with Crippen molar-refractivity contribution in [3.8, 4) is 0 Å². The number of alkyl halides is 3. The van der Waals surface area contributed by atoms with Gasteiger partial charge in [0.05, 0.1) is 29.0 Å². The van der Waals surface area contributed by atoms with E-state index in [4.69, 9.17) is 0 Å². The second-order valence-electron chi connectivity index (χ2n) is 10.2. The fourth-order valence-corrected chi connectivity index (χ4v) is 4.78. The van der Waals surface area contributed by atoms with Crippen LogP contribution in [0, 0.1) is 0 Å². The molecule has 11 heteroatoms. The summed E-state index contributed by atoms with van der Waals surface area (Å²) in [7, 11) is 0. The van der Waals surface area contributed by atoms with Crippen LogP contribution >= 0.6 is 0 Å². The third kappa shape index (κ3) is 4.35. The smallest absolute Gasteiger partial charge is 0.362 e. The average molecular weight is 525 g/mol. The molecule has 1 aliphatic heterocycles. The van der Waals surface area contributed by atoms with Gasteiger partial charge in [-0.1, -0.05) is 12.1 Å². The van der Waals surface area contributed by atoms with Crippen molar-refractivity contribution >= 4 is 23.4 Å². The maximum absolute atomic E-state index is 13.5. The van der Waals surface area contributed by atoms with Gasteiger partial charge in [0.2, 0.25) is 0 Å². The molecule has 1 unspecified atom stereocenters. The molecule has 38 heavy (non-hydrogen) atoms. The first-order valence-corrected chi connectivity index (χ1v) is 12.2. The monoisotopic (exact) mass is 524 g/mol. The first-order chi connectivity index (χ1) is 17.9. The van der Waals surface area contributed by atoms with E-state index in [1.54, 1.807) is 50.8 Å². The van der Waals surface area contributed by atoms with Gasteiger partial charge in [-0.15, -0.1) is 0 Å². The molecule has 5 rings (SSSR count). The number of benzene rings is 1. The van der Waals surface area contributed by atoms with Crippen molar-refractivity contribution in [1.82, 2.24) is 19.9 Å². The molecule has 1 N–H and O–H groups in total. The Labute approximate surface area is 217 Å². The Hall–Kier alpha value is -4.02. The van der Waals surface area contributed by atoms with Crippen LogP contribution in [-0.2, 0) is 16.8 Å². The van der Waals surface area contributed by atoms with Gasteiger partial charge in [-0.3, -0.25) is 14.8 Å². The normalized spacial score (nSPS) is 19.0. The van der Waals surface area contributed by atoms with Crippen molar-refractivity contribution in [2.45, 2.75) is 63.3 Å². The van der Waals surface area contributed by atoms with E-state index < -0.39 is 29.1 Å². The Bertz CT molecular complexity index is 1360. The number of amides is 3. The number of anilines is 2. The molecule has 1 aliphatic carbocycles. The minimum atomic E-state index is -4.34. The van der Waals surface area contributed by atoms with Crippen LogP contribution in [0.25, 0.3) is 0 Å². The lowest BCUT2D eigenvalue weighted by Crippen LogP contribution is -2.43. The summed E-state index contributed by atoms with van der Waals surface area (Å²) in [5.41, 5.74) is -1.10. The van der Waals surface area contributed by atoms with E-state index in [1.165, 1.54) is 29.2 Å². The van der Waals surface area contributed by atoms with Crippen LogP contribution in [0.4, 0.5) is 29.5 Å². The summed E-state index contributed by atoms with van der Waals surface area (Å²) >= 11 is 0. The third-order valence-corrected chi connectivity index (χ3v) is 7.35. The first-order valence-electron chi connectivity index (χ1n) is 12.2. The van der Waals surface area contributed by atoms with Crippen molar-refractivity contribution in [2.24, 2.45) is 0 Å².